The van der Waals surface area contributed by atoms with Gasteiger partial charge in [0.05, 0.1) is 17.1 Å². The van der Waals surface area contributed by atoms with Crippen molar-refractivity contribution in [3.8, 4) is 5.75 Å². The van der Waals surface area contributed by atoms with E-state index in [4.69, 9.17) is 14.2 Å². The van der Waals surface area contributed by atoms with Crippen LogP contribution >= 0.6 is 11.3 Å². The number of nitrogens with one attached hydrogen (secondary N) is 1. The summed E-state index contributed by atoms with van der Waals surface area (Å²) in [7, 11) is 0. The van der Waals surface area contributed by atoms with E-state index in [-0.39, 0.29) is 37.2 Å². The molecule has 0 spiro atoms. The molecule has 148 valence electrons. The second kappa shape index (κ2) is 7.95. The van der Waals surface area contributed by atoms with Gasteiger partial charge in [0.15, 0.2) is 6.79 Å². The largest absolute Gasteiger partial charge is 0.467 e. The Bertz CT molecular complexity index is 967. The van der Waals surface area contributed by atoms with Crippen molar-refractivity contribution in [3.05, 3.63) is 49.4 Å². The van der Waals surface area contributed by atoms with Gasteiger partial charge in [0.2, 0.25) is 5.91 Å². The van der Waals surface area contributed by atoms with Crippen LogP contribution in [0.1, 0.15) is 38.8 Å². The first kappa shape index (κ1) is 19.8. The number of ether oxygens (including phenoxy) is 3. The van der Waals surface area contributed by atoms with Gasteiger partial charge in [-0.3, -0.25) is 14.9 Å². The number of nitrogens with zero attached hydrogens (tertiary/aromatic N) is 1. The molecule has 0 bridgehead atoms. The third kappa shape index (κ3) is 3.97. The number of benzene rings is 1. The molecule has 2 aromatic rings. The highest BCUT2D eigenvalue weighted by atomic mass is 32.1. The van der Waals surface area contributed by atoms with Crippen molar-refractivity contribution in [1.82, 2.24) is 0 Å². The molecule has 0 radical (unpaired) electrons. The van der Waals surface area contributed by atoms with Crippen LogP contribution < -0.4 is 10.1 Å². The van der Waals surface area contributed by atoms with Gasteiger partial charge in [-0.2, -0.15) is 0 Å². The van der Waals surface area contributed by atoms with Crippen molar-refractivity contribution in [1.29, 1.82) is 0 Å². The first-order chi connectivity index (χ1) is 13.3. The molecule has 0 atom stereocenters. The number of aryl methyl sites for hydroxylation is 1. The first-order valence-corrected chi connectivity index (χ1v) is 9.15. The second-order valence-electron chi connectivity index (χ2n) is 6.21. The molecule has 1 aliphatic heterocycles. The monoisotopic (exact) mass is 406 g/mol. The molecule has 10 heteroatoms. The number of hydrogen-bond acceptors (Lipinski definition) is 8. The summed E-state index contributed by atoms with van der Waals surface area (Å²) in [6.45, 7) is 4.94. The SMILES string of the molecule is CC(=O)Nc1sc(C)c(C)c1C(=O)OCc1cc([N+](=O)[O-])cc2c1OCOC2. The van der Waals surface area contributed by atoms with Crippen LogP contribution in [0.15, 0.2) is 12.1 Å². The maximum absolute atomic E-state index is 12.7. The van der Waals surface area contributed by atoms with E-state index in [0.29, 0.717) is 27.4 Å². The maximum atomic E-state index is 12.7. The highest BCUT2D eigenvalue weighted by Crippen LogP contribution is 2.35. The fraction of sp³-hybridized carbons (Fsp3) is 0.333. The van der Waals surface area contributed by atoms with Crippen LogP contribution in [0, 0.1) is 24.0 Å². The molecular weight excluding hydrogens is 388 g/mol. The number of anilines is 1. The van der Waals surface area contributed by atoms with E-state index in [1.165, 1.54) is 30.4 Å². The Morgan fingerprint density at radius 2 is 2.11 bits per heavy atom. The molecule has 1 aromatic carbocycles. The Labute approximate surface area is 164 Å². The normalized spacial score (nSPS) is 12.7. The molecule has 1 aliphatic rings. The number of non-ortho nitro benzene ring substituents is 1. The Balaban J connectivity index is 1.87. The van der Waals surface area contributed by atoms with E-state index < -0.39 is 10.9 Å². The number of esters is 1. The summed E-state index contributed by atoms with van der Waals surface area (Å²) in [5.41, 5.74) is 1.76. The number of nitro benzene ring substituents is 1. The number of amides is 1. The quantitative estimate of drug-likeness (QED) is 0.459. The zero-order chi connectivity index (χ0) is 20.4. The van der Waals surface area contributed by atoms with Gasteiger partial charge in [0, 0.05) is 35.1 Å². The summed E-state index contributed by atoms with van der Waals surface area (Å²) >= 11 is 1.29. The lowest BCUT2D eigenvalue weighted by molar-refractivity contribution is -0.385. The maximum Gasteiger partial charge on any atom is 0.341 e. The predicted molar refractivity (Wildman–Crippen MR) is 101 cm³/mol. The minimum Gasteiger partial charge on any atom is -0.467 e. The van der Waals surface area contributed by atoms with Gasteiger partial charge < -0.3 is 19.5 Å². The Kier molecular flexibility index (Phi) is 5.61. The van der Waals surface area contributed by atoms with Crippen LogP contribution in [0.5, 0.6) is 5.75 Å². The summed E-state index contributed by atoms with van der Waals surface area (Å²) in [5.74, 6) is -0.501. The standard InChI is InChI=1S/C18H18N2O7S/c1-9-10(2)28-17(19-11(3)21)15(9)18(22)26-7-13-5-14(20(23)24)4-12-6-25-8-27-16(12)13/h4-5H,6-8H2,1-3H3,(H,19,21). The number of rotatable bonds is 5. The molecule has 3 rings (SSSR count). The molecule has 28 heavy (non-hydrogen) atoms. The Morgan fingerprint density at radius 1 is 1.36 bits per heavy atom. The average molecular weight is 406 g/mol. The molecule has 1 N–H and O–H groups in total. The van der Waals surface area contributed by atoms with Gasteiger partial charge in [-0.15, -0.1) is 11.3 Å². The fourth-order valence-electron chi connectivity index (χ4n) is 2.83. The zero-order valence-electron chi connectivity index (χ0n) is 15.5. The van der Waals surface area contributed by atoms with Crippen LogP contribution in [-0.2, 0) is 27.5 Å². The van der Waals surface area contributed by atoms with Crippen molar-refractivity contribution in [2.24, 2.45) is 0 Å². The van der Waals surface area contributed by atoms with E-state index >= 15 is 0 Å². The van der Waals surface area contributed by atoms with Gasteiger partial charge in [-0.1, -0.05) is 0 Å². The topological polar surface area (TPSA) is 117 Å². The minimum atomic E-state index is -0.627. The van der Waals surface area contributed by atoms with Crippen LogP contribution in [0.25, 0.3) is 0 Å². The predicted octanol–water partition coefficient (Wildman–Crippen LogP) is 3.46. The van der Waals surface area contributed by atoms with Crippen LogP contribution in [-0.4, -0.2) is 23.6 Å². The zero-order valence-corrected chi connectivity index (χ0v) is 16.3. The summed E-state index contributed by atoms with van der Waals surface area (Å²) < 4.78 is 16.0. The van der Waals surface area contributed by atoms with Gasteiger partial charge in [0.1, 0.15) is 17.4 Å². The Morgan fingerprint density at radius 3 is 2.79 bits per heavy atom. The van der Waals surface area contributed by atoms with E-state index in [0.717, 1.165) is 4.88 Å². The van der Waals surface area contributed by atoms with Crippen molar-refractivity contribution in [3.63, 3.8) is 0 Å². The number of carbonyl (C=O) groups is 2. The number of carbonyl (C=O) groups excluding carboxylic acids is 2. The van der Waals surface area contributed by atoms with E-state index in [9.17, 15) is 19.7 Å². The van der Waals surface area contributed by atoms with Gasteiger partial charge in [0.25, 0.3) is 5.69 Å². The number of fused-ring (bicyclic) bond motifs is 1. The summed E-state index contributed by atoms with van der Waals surface area (Å²) in [4.78, 5) is 35.6. The summed E-state index contributed by atoms with van der Waals surface area (Å²) in [6.07, 6.45) is 0. The van der Waals surface area contributed by atoms with Gasteiger partial charge in [-0.25, -0.2) is 4.79 Å². The molecule has 2 heterocycles. The van der Waals surface area contributed by atoms with Crippen LogP contribution in [0.3, 0.4) is 0 Å². The molecule has 0 unspecified atom stereocenters. The first-order valence-electron chi connectivity index (χ1n) is 8.33. The lowest BCUT2D eigenvalue weighted by atomic mass is 10.1. The van der Waals surface area contributed by atoms with Crippen molar-refractivity contribution < 1.29 is 28.7 Å². The molecule has 0 saturated heterocycles. The molecule has 0 aliphatic carbocycles. The third-order valence-electron chi connectivity index (χ3n) is 4.22. The van der Waals surface area contributed by atoms with Gasteiger partial charge >= 0.3 is 5.97 Å². The highest BCUT2D eigenvalue weighted by Gasteiger charge is 2.25. The minimum absolute atomic E-state index is 0.0151. The number of thiophene rings is 1. The molecule has 9 nitrogen and oxygen atoms in total. The molecule has 0 fully saturated rings. The fourth-order valence-corrected chi connectivity index (χ4v) is 3.92. The van der Waals surface area contributed by atoms with Gasteiger partial charge in [-0.05, 0) is 19.4 Å². The lowest BCUT2D eigenvalue weighted by Crippen LogP contribution is -2.15. The smallest absolute Gasteiger partial charge is 0.341 e. The molecular formula is C18H18N2O7S. The van der Waals surface area contributed by atoms with Crippen LogP contribution in [0.2, 0.25) is 0 Å². The summed E-state index contributed by atoms with van der Waals surface area (Å²) in [6, 6.07) is 2.69. The molecule has 0 saturated carbocycles. The lowest BCUT2D eigenvalue weighted by Gasteiger charge is -2.20. The number of hydrogen-bond donors (Lipinski definition) is 1. The van der Waals surface area contributed by atoms with E-state index in [2.05, 4.69) is 5.32 Å². The average Bonchev–Trinajstić information content (AvgIpc) is 2.92. The highest BCUT2D eigenvalue weighted by molar-refractivity contribution is 7.16. The molecule has 1 aromatic heterocycles. The van der Waals surface area contributed by atoms with Crippen molar-refractivity contribution >= 4 is 33.9 Å². The second-order valence-corrected chi connectivity index (χ2v) is 7.43. The summed E-state index contributed by atoms with van der Waals surface area (Å²) in [5, 5.41) is 14.2. The number of nitro groups is 1. The van der Waals surface area contributed by atoms with E-state index in [1.54, 1.807) is 6.92 Å². The van der Waals surface area contributed by atoms with Crippen LogP contribution in [0.4, 0.5) is 10.7 Å². The molecule has 1 amide bonds. The van der Waals surface area contributed by atoms with Crippen molar-refractivity contribution in [2.45, 2.75) is 34.0 Å². The van der Waals surface area contributed by atoms with E-state index in [1.807, 2.05) is 6.92 Å². The Hall–Kier alpha value is -2.98. The van der Waals surface area contributed by atoms with Crippen molar-refractivity contribution in [2.75, 3.05) is 12.1 Å². The third-order valence-corrected chi connectivity index (χ3v) is 5.34.